The lowest BCUT2D eigenvalue weighted by Crippen LogP contribution is -2.45. The lowest BCUT2D eigenvalue weighted by molar-refractivity contribution is -0.144. The number of esters is 1. The number of nitrogens with one attached hydrogen (secondary N) is 2. The maximum Gasteiger partial charge on any atom is 0.329 e. The van der Waals surface area contributed by atoms with E-state index in [1.54, 1.807) is 7.05 Å². The van der Waals surface area contributed by atoms with Crippen molar-refractivity contribution >= 4 is 24.5 Å². The third-order valence-corrected chi connectivity index (χ3v) is 1.71. The van der Waals surface area contributed by atoms with E-state index >= 15 is 0 Å². The van der Waals surface area contributed by atoms with Crippen LogP contribution >= 0.6 is 12.6 Å². The number of methoxy groups -OCH3 is 1. The number of amides is 1. The minimum Gasteiger partial charge on any atom is -0.467 e. The Balaban J connectivity index is 3.97. The van der Waals surface area contributed by atoms with Crippen LogP contribution in [0.3, 0.4) is 0 Å². The van der Waals surface area contributed by atoms with Crippen LogP contribution in [0.5, 0.6) is 0 Å². The van der Waals surface area contributed by atoms with Crippen molar-refractivity contribution in [3.05, 3.63) is 0 Å². The highest BCUT2D eigenvalue weighted by Crippen LogP contribution is 1.90. The number of hydrogen-bond donors (Lipinski definition) is 3. The Bertz CT molecular complexity index is 187. The van der Waals surface area contributed by atoms with Gasteiger partial charge in [-0.1, -0.05) is 0 Å². The van der Waals surface area contributed by atoms with Gasteiger partial charge in [0.05, 0.1) is 13.7 Å². The van der Waals surface area contributed by atoms with Gasteiger partial charge in [0.15, 0.2) is 0 Å². The van der Waals surface area contributed by atoms with Crippen molar-refractivity contribution in [2.24, 2.45) is 0 Å². The van der Waals surface area contributed by atoms with Crippen LogP contribution in [0.2, 0.25) is 0 Å². The predicted octanol–water partition coefficient (Wildman–Crippen LogP) is -1.21. The summed E-state index contributed by atoms with van der Waals surface area (Å²) >= 11 is 3.92. The smallest absolute Gasteiger partial charge is 0.329 e. The first-order valence-corrected chi connectivity index (χ1v) is 4.41. The Morgan fingerprint density at radius 2 is 2.15 bits per heavy atom. The second-order valence-corrected chi connectivity index (χ2v) is 2.72. The van der Waals surface area contributed by atoms with Gasteiger partial charge in [0.1, 0.15) is 6.04 Å². The quantitative estimate of drug-likeness (QED) is 0.390. The van der Waals surface area contributed by atoms with Crippen molar-refractivity contribution in [1.29, 1.82) is 0 Å². The van der Waals surface area contributed by atoms with Crippen LogP contribution in [0.25, 0.3) is 0 Å². The fourth-order valence-electron chi connectivity index (χ4n) is 0.727. The largest absolute Gasteiger partial charge is 0.467 e. The molecule has 0 bridgehead atoms. The van der Waals surface area contributed by atoms with Gasteiger partial charge in [0.25, 0.3) is 0 Å². The van der Waals surface area contributed by atoms with E-state index in [0.717, 1.165) is 0 Å². The molecule has 0 spiro atoms. The van der Waals surface area contributed by atoms with Crippen molar-refractivity contribution in [3.8, 4) is 0 Å². The summed E-state index contributed by atoms with van der Waals surface area (Å²) in [7, 11) is 2.91. The monoisotopic (exact) mass is 206 g/mol. The van der Waals surface area contributed by atoms with Gasteiger partial charge in [-0.3, -0.25) is 4.79 Å². The van der Waals surface area contributed by atoms with E-state index in [-0.39, 0.29) is 18.2 Å². The SMILES string of the molecule is CNCC(=O)N[C@@H](CS)C(=O)OC. The van der Waals surface area contributed by atoms with Gasteiger partial charge in [-0.2, -0.15) is 12.6 Å². The third-order valence-electron chi connectivity index (χ3n) is 1.34. The van der Waals surface area contributed by atoms with Gasteiger partial charge in [-0.25, -0.2) is 4.79 Å². The molecule has 0 radical (unpaired) electrons. The van der Waals surface area contributed by atoms with E-state index in [1.807, 2.05) is 0 Å². The molecule has 0 unspecified atom stereocenters. The second-order valence-electron chi connectivity index (χ2n) is 2.36. The normalized spacial score (nSPS) is 11.9. The highest BCUT2D eigenvalue weighted by atomic mass is 32.1. The summed E-state index contributed by atoms with van der Waals surface area (Å²) < 4.78 is 4.46. The average Bonchev–Trinajstić information content (AvgIpc) is 2.13. The summed E-state index contributed by atoms with van der Waals surface area (Å²) in [4.78, 5) is 22.0. The molecule has 0 aliphatic rings. The highest BCUT2D eigenvalue weighted by Gasteiger charge is 2.18. The first-order valence-electron chi connectivity index (χ1n) is 3.78. The molecular formula is C7H14N2O3S. The molecule has 0 saturated carbocycles. The molecule has 0 rings (SSSR count). The fraction of sp³-hybridized carbons (Fsp3) is 0.714. The summed E-state index contributed by atoms with van der Waals surface area (Å²) in [6.45, 7) is 0.168. The van der Waals surface area contributed by atoms with Gasteiger partial charge in [0, 0.05) is 5.75 Å². The van der Waals surface area contributed by atoms with E-state index in [9.17, 15) is 9.59 Å². The molecular weight excluding hydrogens is 192 g/mol. The van der Waals surface area contributed by atoms with E-state index < -0.39 is 12.0 Å². The topological polar surface area (TPSA) is 67.4 Å². The number of ether oxygens (including phenoxy) is 1. The zero-order valence-electron chi connectivity index (χ0n) is 7.66. The lowest BCUT2D eigenvalue weighted by atomic mass is 10.3. The summed E-state index contributed by atoms with van der Waals surface area (Å²) in [6, 6.07) is -0.672. The van der Waals surface area contributed by atoms with Crippen LogP contribution in [0.1, 0.15) is 0 Å². The first kappa shape index (κ1) is 12.2. The van der Waals surface area contributed by atoms with Crippen molar-refractivity contribution in [2.75, 3.05) is 26.5 Å². The first-order chi connectivity index (χ1) is 6.15. The van der Waals surface area contributed by atoms with Gasteiger partial charge >= 0.3 is 5.97 Å². The maximum absolute atomic E-state index is 11.0. The van der Waals surface area contributed by atoms with Crippen LogP contribution in [-0.4, -0.2) is 44.4 Å². The highest BCUT2D eigenvalue weighted by molar-refractivity contribution is 7.80. The molecule has 0 fully saturated rings. The average molecular weight is 206 g/mol. The summed E-state index contributed by atoms with van der Waals surface area (Å²) in [5, 5.41) is 5.13. The number of hydrogen-bond acceptors (Lipinski definition) is 5. The number of rotatable bonds is 5. The van der Waals surface area contributed by atoms with Gasteiger partial charge < -0.3 is 15.4 Å². The summed E-state index contributed by atoms with van der Waals surface area (Å²) in [5.41, 5.74) is 0. The van der Waals surface area contributed by atoms with Crippen molar-refractivity contribution in [1.82, 2.24) is 10.6 Å². The Hall–Kier alpha value is -0.750. The molecule has 1 amide bonds. The zero-order valence-corrected chi connectivity index (χ0v) is 8.56. The van der Waals surface area contributed by atoms with Gasteiger partial charge in [0.2, 0.25) is 5.91 Å². The molecule has 0 aliphatic heterocycles. The molecule has 6 heteroatoms. The lowest BCUT2D eigenvalue weighted by Gasteiger charge is -2.13. The summed E-state index contributed by atoms with van der Waals surface area (Å²) in [6.07, 6.45) is 0. The van der Waals surface area contributed by atoms with Crippen molar-refractivity contribution in [3.63, 3.8) is 0 Å². The minimum absolute atomic E-state index is 0.168. The van der Waals surface area contributed by atoms with Crippen LogP contribution in [0.4, 0.5) is 0 Å². The Morgan fingerprint density at radius 3 is 2.54 bits per heavy atom. The molecule has 0 aromatic rings. The number of carbonyl (C=O) groups excluding carboxylic acids is 2. The molecule has 0 saturated heterocycles. The van der Waals surface area contributed by atoms with E-state index in [2.05, 4.69) is 28.0 Å². The van der Waals surface area contributed by atoms with E-state index in [1.165, 1.54) is 7.11 Å². The summed E-state index contributed by atoms with van der Waals surface area (Å²) in [5.74, 6) is -0.520. The van der Waals surface area contributed by atoms with Crippen LogP contribution in [0, 0.1) is 0 Å². The minimum atomic E-state index is -0.672. The molecule has 0 aliphatic carbocycles. The fourth-order valence-corrected chi connectivity index (χ4v) is 0.968. The second kappa shape index (κ2) is 6.73. The maximum atomic E-state index is 11.0. The Kier molecular flexibility index (Phi) is 6.34. The number of thiol groups is 1. The molecule has 2 N–H and O–H groups in total. The van der Waals surface area contributed by atoms with E-state index in [4.69, 9.17) is 0 Å². The third kappa shape index (κ3) is 4.74. The molecule has 0 aromatic carbocycles. The number of likely N-dealkylation sites (N-methyl/N-ethyl adjacent to an activating group) is 1. The Morgan fingerprint density at radius 1 is 1.54 bits per heavy atom. The zero-order chi connectivity index (χ0) is 10.3. The van der Waals surface area contributed by atoms with Crippen LogP contribution in [-0.2, 0) is 14.3 Å². The Labute approximate surface area is 82.6 Å². The standard InChI is InChI=1S/C7H14N2O3S/c1-8-3-6(10)9-5(4-13)7(11)12-2/h5,8,13H,3-4H2,1-2H3,(H,9,10)/t5-/m0/s1. The van der Waals surface area contributed by atoms with Crippen LogP contribution in [0.15, 0.2) is 0 Å². The predicted molar refractivity (Wildman–Crippen MR) is 51.7 cm³/mol. The van der Waals surface area contributed by atoms with Crippen LogP contribution < -0.4 is 10.6 Å². The van der Waals surface area contributed by atoms with E-state index in [0.29, 0.717) is 0 Å². The molecule has 1 atom stereocenters. The molecule has 13 heavy (non-hydrogen) atoms. The van der Waals surface area contributed by atoms with Gasteiger partial charge in [-0.05, 0) is 7.05 Å². The number of carbonyl (C=O) groups is 2. The van der Waals surface area contributed by atoms with Crippen molar-refractivity contribution < 1.29 is 14.3 Å². The molecule has 0 aromatic heterocycles. The molecule has 0 heterocycles. The molecule has 5 nitrogen and oxygen atoms in total. The van der Waals surface area contributed by atoms with Crippen molar-refractivity contribution in [2.45, 2.75) is 6.04 Å². The van der Waals surface area contributed by atoms with Gasteiger partial charge in [-0.15, -0.1) is 0 Å². The molecule has 76 valence electrons.